The number of pyridine rings is 1. The minimum absolute atomic E-state index is 1.27. The molecule has 0 N–H and O–H groups in total. The Morgan fingerprint density at radius 3 is 2.48 bits per heavy atom. The summed E-state index contributed by atoms with van der Waals surface area (Å²) in [6.45, 7) is 4.35. The van der Waals surface area contributed by atoms with Crippen LogP contribution in [0.3, 0.4) is 0 Å². The molecule has 27 heavy (non-hydrogen) atoms. The van der Waals surface area contributed by atoms with Gasteiger partial charge in [0.15, 0.2) is 6.20 Å². The number of aromatic nitrogens is 2. The summed E-state index contributed by atoms with van der Waals surface area (Å²) < 4.78 is 4.60. The van der Waals surface area contributed by atoms with E-state index in [1.807, 2.05) is 0 Å². The first-order chi connectivity index (χ1) is 13.1. The van der Waals surface area contributed by atoms with Crippen LogP contribution in [0.2, 0.25) is 0 Å². The van der Waals surface area contributed by atoms with Gasteiger partial charge in [0.05, 0.1) is 5.56 Å². The molecule has 132 valence electrons. The van der Waals surface area contributed by atoms with Crippen LogP contribution >= 0.6 is 0 Å². The SMILES string of the molecule is Cc1ccc2c(ccc3c2c2cc[n+](C)c(-c4ccccc4C)c2n3C)c1. The van der Waals surface area contributed by atoms with E-state index >= 15 is 0 Å². The highest BCUT2D eigenvalue weighted by molar-refractivity contribution is 6.22. The molecule has 0 aliphatic rings. The van der Waals surface area contributed by atoms with E-state index in [1.54, 1.807) is 0 Å². The fourth-order valence-electron chi connectivity index (χ4n) is 4.45. The predicted octanol–water partition coefficient (Wildman–Crippen LogP) is 5.59. The van der Waals surface area contributed by atoms with Crippen molar-refractivity contribution in [3.05, 3.63) is 78.0 Å². The van der Waals surface area contributed by atoms with Gasteiger partial charge < -0.3 is 4.57 Å². The van der Waals surface area contributed by atoms with Crippen molar-refractivity contribution < 1.29 is 4.57 Å². The number of hydrogen-bond acceptors (Lipinski definition) is 0. The van der Waals surface area contributed by atoms with Crippen molar-refractivity contribution in [3.8, 4) is 11.3 Å². The van der Waals surface area contributed by atoms with E-state index in [1.165, 1.54) is 55.0 Å². The van der Waals surface area contributed by atoms with Gasteiger partial charge in [-0.2, -0.15) is 4.57 Å². The van der Waals surface area contributed by atoms with Crippen molar-refractivity contribution in [2.45, 2.75) is 13.8 Å². The lowest BCUT2D eigenvalue weighted by molar-refractivity contribution is -0.659. The van der Waals surface area contributed by atoms with E-state index in [-0.39, 0.29) is 0 Å². The fraction of sp³-hybridized carbons (Fsp3) is 0.160. The van der Waals surface area contributed by atoms with Crippen LogP contribution in [0.1, 0.15) is 11.1 Å². The molecule has 2 nitrogen and oxygen atoms in total. The number of rotatable bonds is 1. The molecule has 5 rings (SSSR count). The van der Waals surface area contributed by atoms with Gasteiger partial charge in [0.2, 0.25) is 5.69 Å². The molecule has 0 saturated carbocycles. The van der Waals surface area contributed by atoms with Gasteiger partial charge in [-0.1, -0.05) is 48.0 Å². The number of benzene rings is 3. The first kappa shape index (κ1) is 16.1. The van der Waals surface area contributed by atoms with Crippen LogP contribution in [0.25, 0.3) is 43.8 Å². The Labute approximate surface area is 159 Å². The Kier molecular flexibility index (Phi) is 3.38. The first-order valence-corrected chi connectivity index (χ1v) is 9.42. The second-order valence-electron chi connectivity index (χ2n) is 7.60. The van der Waals surface area contributed by atoms with Crippen molar-refractivity contribution >= 4 is 32.6 Å². The quantitative estimate of drug-likeness (QED) is 0.348. The van der Waals surface area contributed by atoms with E-state index in [0.29, 0.717) is 0 Å². The standard InChI is InChI=1S/C25H23N2/c1-16-9-11-20-18(15-16)10-12-22-23(20)21-13-14-26(3)24(25(21)27(22)4)19-8-6-5-7-17(19)2/h5-15H,1-4H3/q+1. The highest BCUT2D eigenvalue weighted by atomic mass is 15.0. The molecule has 0 saturated heterocycles. The molecule has 0 atom stereocenters. The summed E-state index contributed by atoms with van der Waals surface area (Å²) in [6, 6.07) is 22.2. The summed E-state index contributed by atoms with van der Waals surface area (Å²) >= 11 is 0. The van der Waals surface area contributed by atoms with Crippen LogP contribution in [0.5, 0.6) is 0 Å². The second-order valence-corrected chi connectivity index (χ2v) is 7.60. The maximum absolute atomic E-state index is 2.35. The summed E-state index contributed by atoms with van der Waals surface area (Å²) in [5, 5.41) is 5.30. The lowest BCUT2D eigenvalue weighted by Crippen LogP contribution is -2.31. The zero-order valence-corrected chi connectivity index (χ0v) is 16.2. The van der Waals surface area contributed by atoms with E-state index in [9.17, 15) is 0 Å². The maximum atomic E-state index is 2.35. The van der Waals surface area contributed by atoms with E-state index in [0.717, 1.165) is 0 Å². The molecule has 3 aromatic carbocycles. The van der Waals surface area contributed by atoms with Crippen molar-refractivity contribution in [1.82, 2.24) is 4.57 Å². The molecule has 0 aliphatic heterocycles. The van der Waals surface area contributed by atoms with Gasteiger partial charge in [-0.25, -0.2) is 0 Å². The fourth-order valence-corrected chi connectivity index (χ4v) is 4.45. The third kappa shape index (κ3) is 2.23. The van der Waals surface area contributed by atoms with Gasteiger partial charge in [0.1, 0.15) is 12.6 Å². The van der Waals surface area contributed by atoms with Crippen LogP contribution in [-0.4, -0.2) is 4.57 Å². The van der Waals surface area contributed by atoms with Crippen molar-refractivity contribution in [1.29, 1.82) is 0 Å². The zero-order valence-electron chi connectivity index (χ0n) is 16.2. The van der Waals surface area contributed by atoms with Gasteiger partial charge in [-0.3, -0.25) is 0 Å². The Hall–Kier alpha value is -3.13. The Bertz CT molecular complexity index is 1360. The lowest BCUT2D eigenvalue weighted by Gasteiger charge is -2.07. The van der Waals surface area contributed by atoms with Crippen molar-refractivity contribution in [2.75, 3.05) is 0 Å². The summed E-state index contributed by atoms with van der Waals surface area (Å²) in [5.74, 6) is 0. The largest absolute Gasteiger partial charge is 0.338 e. The minimum Gasteiger partial charge on any atom is -0.338 e. The van der Waals surface area contributed by atoms with Gasteiger partial charge in [0, 0.05) is 29.4 Å². The van der Waals surface area contributed by atoms with Crippen LogP contribution < -0.4 is 4.57 Å². The predicted molar refractivity (Wildman–Crippen MR) is 114 cm³/mol. The molecule has 2 aromatic heterocycles. The molecular formula is C25H23N2+. The summed E-state index contributed by atoms with van der Waals surface area (Å²) in [7, 11) is 4.33. The minimum atomic E-state index is 1.27. The molecule has 0 bridgehead atoms. The first-order valence-electron chi connectivity index (χ1n) is 9.42. The molecular weight excluding hydrogens is 328 g/mol. The summed E-state index contributed by atoms with van der Waals surface area (Å²) in [6.07, 6.45) is 2.19. The molecule has 5 aromatic rings. The summed E-state index contributed by atoms with van der Waals surface area (Å²) in [5.41, 5.74) is 7.72. The molecule has 0 amide bonds. The molecule has 0 fully saturated rings. The van der Waals surface area contributed by atoms with E-state index in [4.69, 9.17) is 0 Å². The van der Waals surface area contributed by atoms with E-state index in [2.05, 4.69) is 104 Å². The maximum Gasteiger partial charge on any atom is 0.237 e. The Morgan fingerprint density at radius 1 is 0.852 bits per heavy atom. The Balaban J connectivity index is 2.02. The average Bonchev–Trinajstić information content (AvgIpc) is 2.95. The number of fused-ring (bicyclic) bond motifs is 5. The Morgan fingerprint density at radius 2 is 1.67 bits per heavy atom. The van der Waals surface area contributed by atoms with Gasteiger partial charge in [-0.15, -0.1) is 0 Å². The number of aryl methyl sites for hydroxylation is 4. The topological polar surface area (TPSA) is 8.81 Å². The smallest absolute Gasteiger partial charge is 0.237 e. The van der Waals surface area contributed by atoms with Crippen LogP contribution in [-0.2, 0) is 14.1 Å². The van der Waals surface area contributed by atoms with Crippen LogP contribution in [0, 0.1) is 13.8 Å². The normalized spacial score (nSPS) is 11.7. The molecule has 0 radical (unpaired) electrons. The van der Waals surface area contributed by atoms with Crippen molar-refractivity contribution in [3.63, 3.8) is 0 Å². The number of nitrogens with zero attached hydrogens (tertiary/aromatic N) is 2. The van der Waals surface area contributed by atoms with Crippen molar-refractivity contribution in [2.24, 2.45) is 14.1 Å². The molecule has 2 heteroatoms. The molecule has 0 unspecified atom stereocenters. The third-order valence-corrected chi connectivity index (χ3v) is 5.82. The molecule has 0 aliphatic carbocycles. The lowest BCUT2D eigenvalue weighted by atomic mass is 10.00. The van der Waals surface area contributed by atoms with Gasteiger partial charge >= 0.3 is 0 Å². The van der Waals surface area contributed by atoms with E-state index < -0.39 is 0 Å². The van der Waals surface area contributed by atoms with Crippen LogP contribution in [0.15, 0.2) is 66.9 Å². The van der Waals surface area contributed by atoms with Gasteiger partial charge in [0.25, 0.3) is 0 Å². The number of hydrogen-bond donors (Lipinski definition) is 0. The molecule has 0 spiro atoms. The summed E-state index contributed by atoms with van der Waals surface area (Å²) in [4.78, 5) is 0. The van der Waals surface area contributed by atoms with Gasteiger partial charge in [-0.05, 0) is 42.3 Å². The van der Waals surface area contributed by atoms with Crippen LogP contribution in [0.4, 0.5) is 0 Å². The highest BCUT2D eigenvalue weighted by Gasteiger charge is 2.22. The second kappa shape index (κ2) is 5.68. The monoisotopic (exact) mass is 351 g/mol. The zero-order chi connectivity index (χ0) is 18.7. The highest BCUT2D eigenvalue weighted by Crippen LogP contribution is 2.37. The molecule has 2 heterocycles. The average molecular weight is 351 g/mol. The third-order valence-electron chi connectivity index (χ3n) is 5.82.